The quantitative estimate of drug-likeness (QED) is 0.745. The summed E-state index contributed by atoms with van der Waals surface area (Å²) < 4.78 is 7.03. The molecule has 4 rings (SSSR count). The van der Waals surface area contributed by atoms with Crippen molar-refractivity contribution < 1.29 is 9.53 Å². The van der Waals surface area contributed by atoms with Crippen LogP contribution in [0, 0.1) is 5.92 Å². The predicted molar refractivity (Wildman–Crippen MR) is 103 cm³/mol. The molecule has 138 valence electrons. The largest absolute Gasteiger partial charge is 0.497 e. The molecule has 0 aliphatic carbocycles. The van der Waals surface area contributed by atoms with Crippen molar-refractivity contribution in [3.8, 4) is 5.75 Å². The lowest BCUT2D eigenvalue weighted by Crippen LogP contribution is -2.46. The minimum Gasteiger partial charge on any atom is -0.497 e. The van der Waals surface area contributed by atoms with Gasteiger partial charge in [0.2, 0.25) is 11.9 Å². The van der Waals surface area contributed by atoms with Crippen molar-refractivity contribution in [1.82, 2.24) is 14.8 Å². The number of rotatable bonds is 4. The van der Waals surface area contributed by atoms with Crippen molar-refractivity contribution in [3.05, 3.63) is 66.5 Å². The first-order valence-corrected chi connectivity index (χ1v) is 8.83. The number of benzene rings is 2. The fourth-order valence-corrected chi connectivity index (χ4v) is 3.54. The Morgan fingerprint density at radius 3 is 2.59 bits per heavy atom. The smallest absolute Gasteiger partial charge is 0.232 e. The molecule has 0 spiro atoms. The Morgan fingerprint density at radius 2 is 1.89 bits per heavy atom. The second-order valence-electron chi connectivity index (χ2n) is 6.56. The van der Waals surface area contributed by atoms with Gasteiger partial charge in [0.1, 0.15) is 12.1 Å². The van der Waals surface area contributed by atoms with Crippen LogP contribution in [0.5, 0.6) is 5.75 Å². The Labute approximate surface area is 157 Å². The molecule has 1 aliphatic rings. The molecule has 27 heavy (non-hydrogen) atoms. The van der Waals surface area contributed by atoms with Crippen molar-refractivity contribution in [2.45, 2.75) is 19.0 Å². The second kappa shape index (κ2) is 7.11. The lowest BCUT2D eigenvalue weighted by atomic mass is 9.85. The average molecular weight is 363 g/mol. The molecule has 1 aromatic heterocycles. The van der Waals surface area contributed by atoms with Crippen molar-refractivity contribution in [2.24, 2.45) is 5.92 Å². The van der Waals surface area contributed by atoms with Gasteiger partial charge in [-0.15, -0.1) is 0 Å². The maximum absolute atomic E-state index is 13.2. The van der Waals surface area contributed by atoms with Crippen molar-refractivity contribution in [2.75, 3.05) is 17.7 Å². The molecule has 0 fully saturated rings. The molecule has 2 heterocycles. The van der Waals surface area contributed by atoms with Gasteiger partial charge in [-0.2, -0.15) is 10.1 Å². The number of aromatic nitrogens is 3. The van der Waals surface area contributed by atoms with Gasteiger partial charge in [-0.3, -0.25) is 4.79 Å². The van der Waals surface area contributed by atoms with Crippen molar-refractivity contribution in [1.29, 1.82) is 0 Å². The summed E-state index contributed by atoms with van der Waals surface area (Å²) in [6, 6.07) is 16.8. The summed E-state index contributed by atoms with van der Waals surface area (Å²) in [5, 5.41) is 10.7. The second-order valence-corrected chi connectivity index (χ2v) is 6.56. The fraction of sp³-hybridized carbons (Fsp3) is 0.250. The first-order chi connectivity index (χ1) is 13.2. The Morgan fingerprint density at radius 1 is 1.15 bits per heavy atom. The summed E-state index contributed by atoms with van der Waals surface area (Å²) in [7, 11) is 1.63. The SMILES string of the molecule is COc1ccc([C@H]2[C@H](C(=O)Nc3ccccc3)[C@H](C)Nc3ncnn32)cc1. The van der Waals surface area contributed by atoms with Crippen LogP contribution in [0.25, 0.3) is 0 Å². The van der Waals surface area contributed by atoms with Crippen LogP contribution in [0.4, 0.5) is 11.6 Å². The zero-order chi connectivity index (χ0) is 18.8. The Bertz CT molecular complexity index is 923. The van der Waals surface area contributed by atoms with E-state index >= 15 is 0 Å². The van der Waals surface area contributed by atoms with E-state index in [-0.39, 0.29) is 23.9 Å². The van der Waals surface area contributed by atoms with Crippen LogP contribution >= 0.6 is 0 Å². The van der Waals surface area contributed by atoms with Gasteiger partial charge >= 0.3 is 0 Å². The molecule has 7 heteroatoms. The first kappa shape index (κ1) is 17.1. The fourth-order valence-electron chi connectivity index (χ4n) is 3.54. The molecule has 1 amide bonds. The number of amides is 1. The van der Waals surface area contributed by atoms with Crippen LogP contribution in [-0.4, -0.2) is 33.8 Å². The number of carbonyl (C=O) groups excluding carboxylic acids is 1. The molecule has 3 aromatic rings. The maximum atomic E-state index is 13.2. The molecule has 0 bridgehead atoms. The number of nitrogens with one attached hydrogen (secondary N) is 2. The van der Waals surface area contributed by atoms with E-state index in [4.69, 9.17) is 4.74 Å². The lowest BCUT2D eigenvalue weighted by molar-refractivity contribution is -0.121. The maximum Gasteiger partial charge on any atom is 0.232 e. The van der Waals surface area contributed by atoms with Crippen LogP contribution in [0.2, 0.25) is 0 Å². The highest BCUT2D eigenvalue weighted by Crippen LogP contribution is 2.36. The van der Waals surface area contributed by atoms with Crippen molar-refractivity contribution >= 4 is 17.5 Å². The predicted octanol–water partition coefficient (Wildman–Crippen LogP) is 2.95. The van der Waals surface area contributed by atoms with E-state index in [9.17, 15) is 4.79 Å². The molecule has 0 unspecified atom stereocenters. The minimum atomic E-state index is -0.368. The third-order valence-electron chi connectivity index (χ3n) is 4.87. The number of ether oxygens (including phenoxy) is 1. The summed E-state index contributed by atoms with van der Waals surface area (Å²) >= 11 is 0. The number of nitrogens with zero attached hydrogens (tertiary/aromatic N) is 3. The summed E-state index contributed by atoms with van der Waals surface area (Å²) in [6.07, 6.45) is 1.50. The molecule has 7 nitrogen and oxygen atoms in total. The molecule has 3 atom stereocenters. The van der Waals surface area contributed by atoms with Gasteiger partial charge in [0.05, 0.1) is 19.1 Å². The normalized spacial score (nSPS) is 21.0. The van der Waals surface area contributed by atoms with E-state index in [0.717, 1.165) is 17.0 Å². The average Bonchev–Trinajstić information content (AvgIpc) is 3.15. The van der Waals surface area contributed by atoms with Gasteiger partial charge in [0, 0.05) is 11.7 Å². The summed E-state index contributed by atoms with van der Waals surface area (Å²) in [4.78, 5) is 17.5. The number of methoxy groups -OCH3 is 1. The first-order valence-electron chi connectivity index (χ1n) is 8.83. The summed E-state index contributed by atoms with van der Waals surface area (Å²) in [5.74, 6) is 0.993. The monoisotopic (exact) mass is 363 g/mol. The van der Waals surface area contributed by atoms with Crippen LogP contribution < -0.4 is 15.4 Å². The number of hydrogen-bond donors (Lipinski definition) is 2. The van der Waals surface area contributed by atoms with E-state index in [1.54, 1.807) is 11.8 Å². The molecule has 0 saturated heterocycles. The molecule has 2 aromatic carbocycles. The molecule has 0 radical (unpaired) electrons. The Kier molecular flexibility index (Phi) is 4.50. The van der Waals surface area contributed by atoms with Gasteiger partial charge in [0.15, 0.2) is 0 Å². The number of carbonyl (C=O) groups is 1. The molecule has 0 saturated carbocycles. The summed E-state index contributed by atoms with van der Waals surface area (Å²) in [5.41, 5.74) is 1.75. The van der Waals surface area contributed by atoms with Crippen LogP contribution in [0.3, 0.4) is 0 Å². The minimum absolute atomic E-state index is 0.0665. The van der Waals surface area contributed by atoms with Crippen LogP contribution in [0.15, 0.2) is 60.9 Å². The molecule has 1 aliphatic heterocycles. The van der Waals surface area contributed by atoms with Gasteiger partial charge in [0.25, 0.3) is 0 Å². The van der Waals surface area contributed by atoms with Gasteiger partial charge < -0.3 is 15.4 Å². The zero-order valence-corrected chi connectivity index (χ0v) is 15.2. The third-order valence-corrected chi connectivity index (χ3v) is 4.87. The summed E-state index contributed by atoms with van der Waals surface area (Å²) in [6.45, 7) is 1.99. The Hall–Kier alpha value is -3.35. The highest BCUT2D eigenvalue weighted by Gasteiger charge is 2.41. The van der Waals surface area contributed by atoms with E-state index < -0.39 is 0 Å². The number of anilines is 2. The van der Waals surface area contributed by atoms with Crippen LogP contribution in [0.1, 0.15) is 18.5 Å². The topological polar surface area (TPSA) is 81.1 Å². The van der Waals surface area contributed by atoms with E-state index in [0.29, 0.717) is 5.95 Å². The third kappa shape index (κ3) is 3.23. The van der Waals surface area contributed by atoms with E-state index in [2.05, 4.69) is 20.7 Å². The number of fused-ring (bicyclic) bond motifs is 1. The van der Waals surface area contributed by atoms with E-state index in [1.165, 1.54) is 6.33 Å². The van der Waals surface area contributed by atoms with Crippen LogP contribution in [-0.2, 0) is 4.79 Å². The van der Waals surface area contributed by atoms with Gasteiger partial charge in [-0.1, -0.05) is 30.3 Å². The standard InChI is InChI=1S/C20H21N5O2/c1-13-17(19(26)24-15-6-4-3-5-7-15)18(25-20(23-13)21-12-22-25)14-8-10-16(27-2)11-9-14/h3-13,17-18H,1-2H3,(H,24,26)(H,21,22,23)/t13-,17+,18-/m0/s1. The lowest BCUT2D eigenvalue weighted by Gasteiger charge is -2.36. The number of para-hydroxylation sites is 1. The van der Waals surface area contributed by atoms with Gasteiger partial charge in [-0.25, -0.2) is 4.68 Å². The zero-order valence-electron chi connectivity index (χ0n) is 15.2. The molecular weight excluding hydrogens is 342 g/mol. The highest BCUT2D eigenvalue weighted by atomic mass is 16.5. The van der Waals surface area contributed by atoms with E-state index in [1.807, 2.05) is 61.5 Å². The van der Waals surface area contributed by atoms with Gasteiger partial charge in [-0.05, 0) is 36.8 Å². The molecule has 2 N–H and O–H groups in total. The number of hydrogen-bond acceptors (Lipinski definition) is 5. The van der Waals surface area contributed by atoms with Crippen molar-refractivity contribution in [3.63, 3.8) is 0 Å². The molecular formula is C20H21N5O2. The highest BCUT2D eigenvalue weighted by molar-refractivity contribution is 5.94. The Balaban J connectivity index is 1.71.